The number of rotatable bonds is 5. The van der Waals surface area contributed by atoms with Crippen molar-refractivity contribution in [3.05, 3.63) is 29.8 Å². The van der Waals surface area contributed by atoms with E-state index in [1.54, 1.807) is 0 Å². The Kier molecular flexibility index (Phi) is 5.23. The van der Waals surface area contributed by atoms with Gasteiger partial charge in [-0.05, 0) is 36.5 Å². The van der Waals surface area contributed by atoms with E-state index < -0.39 is 0 Å². The molecule has 0 aliphatic carbocycles. The standard InChI is InChI=1S/C16H25NO2/c1-13(2)14-3-5-16(6-4-14)19-12-11-17-9-7-15(18)8-10-17/h3-6,13,15,18H,7-12H2,1-2H3. The van der Waals surface area contributed by atoms with Gasteiger partial charge < -0.3 is 9.84 Å². The summed E-state index contributed by atoms with van der Waals surface area (Å²) >= 11 is 0. The average Bonchev–Trinajstić information content (AvgIpc) is 2.41. The van der Waals surface area contributed by atoms with Gasteiger partial charge in [0.2, 0.25) is 0 Å². The van der Waals surface area contributed by atoms with E-state index in [0.29, 0.717) is 5.92 Å². The molecule has 0 aromatic heterocycles. The van der Waals surface area contributed by atoms with Crippen molar-refractivity contribution in [1.82, 2.24) is 4.90 Å². The molecule has 1 heterocycles. The fraction of sp³-hybridized carbons (Fsp3) is 0.625. The Balaban J connectivity index is 1.70. The Hall–Kier alpha value is -1.06. The van der Waals surface area contributed by atoms with Crippen LogP contribution in [0.25, 0.3) is 0 Å². The van der Waals surface area contributed by atoms with Gasteiger partial charge in [0.15, 0.2) is 0 Å². The van der Waals surface area contributed by atoms with E-state index in [2.05, 4.69) is 43.0 Å². The Bertz CT molecular complexity index is 367. The van der Waals surface area contributed by atoms with Gasteiger partial charge >= 0.3 is 0 Å². The maximum absolute atomic E-state index is 9.44. The molecule has 2 rings (SSSR count). The van der Waals surface area contributed by atoms with Crippen LogP contribution in [0.3, 0.4) is 0 Å². The maximum atomic E-state index is 9.44. The molecule has 0 saturated carbocycles. The maximum Gasteiger partial charge on any atom is 0.119 e. The van der Waals surface area contributed by atoms with Crippen LogP contribution in [0.1, 0.15) is 38.2 Å². The van der Waals surface area contributed by atoms with Gasteiger partial charge in [0.25, 0.3) is 0 Å². The normalized spacial score (nSPS) is 17.9. The second-order valence-electron chi connectivity index (χ2n) is 5.65. The van der Waals surface area contributed by atoms with Crippen LogP contribution in [0.4, 0.5) is 0 Å². The van der Waals surface area contributed by atoms with Crippen LogP contribution in [-0.4, -0.2) is 42.4 Å². The fourth-order valence-corrected chi connectivity index (χ4v) is 2.38. The van der Waals surface area contributed by atoms with Gasteiger partial charge in [-0.25, -0.2) is 0 Å². The van der Waals surface area contributed by atoms with Crippen LogP contribution in [0.2, 0.25) is 0 Å². The second kappa shape index (κ2) is 6.92. The molecule has 0 bridgehead atoms. The third-order valence-corrected chi connectivity index (χ3v) is 3.78. The van der Waals surface area contributed by atoms with Crippen molar-refractivity contribution >= 4 is 0 Å². The summed E-state index contributed by atoms with van der Waals surface area (Å²) in [5, 5.41) is 9.44. The molecule has 0 unspecified atom stereocenters. The lowest BCUT2D eigenvalue weighted by atomic mass is 10.0. The molecule has 0 radical (unpaired) electrons. The van der Waals surface area contributed by atoms with E-state index in [9.17, 15) is 5.11 Å². The highest BCUT2D eigenvalue weighted by atomic mass is 16.5. The van der Waals surface area contributed by atoms with Crippen molar-refractivity contribution < 1.29 is 9.84 Å². The lowest BCUT2D eigenvalue weighted by Crippen LogP contribution is -2.38. The molecule has 19 heavy (non-hydrogen) atoms. The Labute approximate surface area is 116 Å². The molecule has 1 aromatic carbocycles. The SMILES string of the molecule is CC(C)c1ccc(OCCN2CCC(O)CC2)cc1. The summed E-state index contributed by atoms with van der Waals surface area (Å²) in [5.41, 5.74) is 1.34. The zero-order valence-electron chi connectivity index (χ0n) is 12.0. The predicted octanol–water partition coefficient (Wildman–Crippen LogP) is 2.65. The van der Waals surface area contributed by atoms with Crippen molar-refractivity contribution in [2.24, 2.45) is 0 Å². The average molecular weight is 263 g/mol. The van der Waals surface area contributed by atoms with Gasteiger partial charge in [-0.1, -0.05) is 26.0 Å². The minimum atomic E-state index is -0.0965. The molecule has 0 amide bonds. The first-order chi connectivity index (χ1) is 9.15. The molecule has 1 aliphatic heterocycles. The van der Waals surface area contributed by atoms with E-state index >= 15 is 0 Å². The third kappa shape index (κ3) is 4.51. The Morgan fingerprint density at radius 3 is 2.42 bits per heavy atom. The van der Waals surface area contributed by atoms with Gasteiger partial charge in [0.05, 0.1) is 6.10 Å². The molecule has 1 aliphatic rings. The summed E-state index contributed by atoms with van der Waals surface area (Å²) in [4.78, 5) is 2.36. The monoisotopic (exact) mass is 263 g/mol. The number of likely N-dealkylation sites (tertiary alicyclic amines) is 1. The quantitative estimate of drug-likeness (QED) is 0.886. The van der Waals surface area contributed by atoms with Gasteiger partial charge in [0.1, 0.15) is 12.4 Å². The number of aliphatic hydroxyl groups is 1. The van der Waals surface area contributed by atoms with Gasteiger partial charge in [-0.15, -0.1) is 0 Å². The van der Waals surface area contributed by atoms with Crippen molar-refractivity contribution in [2.75, 3.05) is 26.2 Å². The predicted molar refractivity (Wildman–Crippen MR) is 77.7 cm³/mol. The Morgan fingerprint density at radius 1 is 1.21 bits per heavy atom. The summed E-state index contributed by atoms with van der Waals surface area (Å²) in [7, 11) is 0. The zero-order chi connectivity index (χ0) is 13.7. The first-order valence-electron chi connectivity index (χ1n) is 7.28. The van der Waals surface area contributed by atoms with Crippen LogP contribution in [0.5, 0.6) is 5.75 Å². The summed E-state index contributed by atoms with van der Waals surface area (Å²) in [6.07, 6.45) is 1.69. The van der Waals surface area contributed by atoms with Crippen LogP contribution in [0.15, 0.2) is 24.3 Å². The van der Waals surface area contributed by atoms with Crippen LogP contribution in [0, 0.1) is 0 Å². The van der Waals surface area contributed by atoms with E-state index in [1.165, 1.54) is 5.56 Å². The molecule has 1 N–H and O–H groups in total. The van der Waals surface area contributed by atoms with E-state index in [0.717, 1.165) is 44.8 Å². The minimum absolute atomic E-state index is 0.0965. The molecule has 3 nitrogen and oxygen atoms in total. The van der Waals surface area contributed by atoms with Crippen LogP contribution < -0.4 is 4.74 Å². The molecular formula is C16H25NO2. The molecule has 3 heteroatoms. The Morgan fingerprint density at radius 2 is 1.84 bits per heavy atom. The largest absolute Gasteiger partial charge is 0.492 e. The minimum Gasteiger partial charge on any atom is -0.492 e. The van der Waals surface area contributed by atoms with E-state index in [-0.39, 0.29) is 6.10 Å². The number of piperidine rings is 1. The molecule has 1 aromatic rings. The van der Waals surface area contributed by atoms with E-state index in [1.807, 2.05) is 0 Å². The first kappa shape index (κ1) is 14.4. The first-order valence-corrected chi connectivity index (χ1v) is 7.28. The van der Waals surface area contributed by atoms with Crippen LogP contribution in [-0.2, 0) is 0 Å². The smallest absolute Gasteiger partial charge is 0.119 e. The number of ether oxygens (including phenoxy) is 1. The van der Waals surface area contributed by atoms with E-state index in [4.69, 9.17) is 4.74 Å². The number of nitrogens with zero attached hydrogens (tertiary/aromatic N) is 1. The number of aliphatic hydroxyl groups excluding tert-OH is 1. The summed E-state index contributed by atoms with van der Waals surface area (Å²) in [5.74, 6) is 1.51. The van der Waals surface area contributed by atoms with Crippen molar-refractivity contribution in [1.29, 1.82) is 0 Å². The lowest BCUT2D eigenvalue weighted by molar-refractivity contribution is 0.0755. The summed E-state index contributed by atoms with van der Waals surface area (Å²) in [6.45, 7) is 8.02. The molecular weight excluding hydrogens is 238 g/mol. The zero-order valence-corrected chi connectivity index (χ0v) is 12.0. The van der Waals surface area contributed by atoms with Crippen molar-refractivity contribution in [3.63, 3.8) is 0 Å². The van der Waals surface area contributed by atoms with Crippen molar-refractivity contribution in [3.8, 4) is 5.75 Å². The topological polar surface area (TPSA) is 32.7 Å². The van der Waals surface area contributed by atoms with Crippen molar-refractivity contribution in [2.45, 2.75) is 38.7 Å². The van der Waals surface area contributed by atoms with Gasteiger partial charge in [-0.2, -0.15) is 0 Å². The van der Waals surface area contributed by atoms with Crippen LogP contribution >= 0.6 is 0 Å². The third-order valence-electron chi connectivity index (χ3n) is 3.78. The lowest BCUT2D eigenvalue weighted by Gasteiger charge is -2.29. The number of hydrogen-bond donors (Lipinski definition) is 1. The van der Waals surface area contributed by atoms with Gasteiger partial charge in [0, 0.05) is 19.6 Å². The summed E-state index contributed by atoms with van der Waals surface area (Å²) < 4.78 is 5.77. The summed E-state index contributed by atoms with van der Waals surface area (Å²) in [6, 6.07) is 8.37. The molecule has 0 atom stereocenters. The highest BCUT2D eigenvalue weighted by molar-refractivity contribution is 5.28. The highest BCUT2D eigenvalue weighted by Crippen LogP contribution is 2.18. The van der Waals surface area contributed by atoms with Gasteiger partial charge in [-0.3, -0.25) is 4.90 Å². The molecule has 0 spiro atoms. The second-order valence-corrected chi connectivity index (χ2v) is 5.65. The molecule has 1 saturated heterocycles. The highest BCUT2D eigenvalue weighted by Gasteiger charge is 2.16. The molecule has 106 valence electrons. The fourth-order valence-electron chi connectivity index (χ4n) is 2.38. The molecule has 1 fully saturated rings. The number of benzene rings is 1. The number of hydrogen-bond acceptors (Lipinski definition) is 3.